The Hall–Kier alpha value is -0.0400. The van der Waals surface area contributed by atoms with Crippen molar-refractivity contribution in [2.24, 2.45) is 11.3 Å². The van der Waals surface area contributed by atoms with Crippen LogP contribution in [0.2, 0.25) is 0 Å². The van der Waals surface area contributed by atoms with Crippen LogP contribution in [0.25, 0.3) is 0 Å². The molecular weight excluding hydrogens is 148 g/mol. The molecule has 12 heavy (non-hydrogen) atoms. The van der Waals surface area contributed by atoms with Crippen molar-refractivity contribution in [3.05, 3.63) is 0 Å². The van der Waals surface area contributed by atoms with Gasteiger partial charge in [0.05, 0.1) is 6.10 Å². The van der Waals surface area contributed by atoms with E-state index < -0.39 is 0 Å². The summed E-state index contributed by atoms with van der Waals surface area (Å²) < 4.78 is 0. The lowest BCUT2D eigenvalue weighted by atomic mass is 9.87. The highest BCUT2D eigenvalue weighted by molar-refractivity contribution is 4.76. The van der Waals surface area contributed by atoms with Crippen LogP contribution in [0.3, 0.4) is 0 Å². The lowest BCUT2D eigenvalue weighted by Gasteiger charge is -2.22. The summed E-state index contributed by atoms with van der Waals surface area (Å²) in [7, 11) is 0. The summed E-state index contributed by atoms with van der Waals surface area (Å²) in [6.07, 6.45) is 5.95. The first-order valence-electron chi connectivity index (χ1n) is 5.15. The highest BCUT2D eigenvalue weighted by Gasteiger charge is 2.23. The van der Waals surface area contributed by atoms with Crippen molar-refractivity contribution in [3.8, 4) is 0 Å². The second-order valence-corrected chi connectivity index (χ2v) is 5.44. The summed E-state index contributed by atoms with van der Waals surface area (Å²) in [4.78, 5) is 0. The van der Waals surface area contributed by atoms with E-state index >= 15 is 0 Å². The lowest BCUT2D eigenvalue weighted by molar-refractivity contribution is 0.109. The minimum Gasteiger partial charge on any atom is -0.393 e. The molecular formula is C11H22O. The summed E-state index contributed by atoms with van der Waals surface area (Å²) in [5.41, 5.74) is 0.281. The van der Waals surface area contributed by atoms with Crippen LogP contribution >= 0.6 is 0 Å². The van der Waals surface area contributed by atoms with Gasteiger partial charge in [0.25, 0.3) is 0 Å². The zero-order chi connectivity index (χ0) is 9.19. The third kappa shape index (κ3) is 4.76. The Labute approximate surface area is 76.2 Å². The van der Waals surface area contributed by atoms with Crippen molar-refractivity contribution in [1.82, 2.24) is 0 Å². The maximum absolute atomic E-state index is 9.66. The topological polar surface area (TPSA) is 20.2 Å². The van der Waals surface area contributed by atoms with E-state index in [4.69, 9.17) is 0 Å². The van der Waals surface area contributed by atoms with Crippen molar-refractivity contribution in [3.63, 3.8) is 0 Å². The predicted molar refractivity (Wildman–Crippen MR) is 52.0 cm³/mol. The van der Waals surface area contributed by atoms with Crippen LogP contribution in [-0.2, 0) is 0 Å². The molecule has 0 bridgehead atoms. The highest BCUT2D eigenvalue weighted by Crippen LogP contribution is 2.35. The van der Waals surface area contributed by atoms with Gasteiger partial charge >= 0.3 is 0 Å². The molecule has 0 aliphatic heterocycles. The molecule has 1 N–H and O–H groups in total. The Morgan fingerprint density at radius 2 is 1.92 bits per heavy atom. The van der Waals surface area contributed by atoms with Crippen molar-refractivity contribution in [2.75, 3.05) is 0 Å². The van der Waals surface area contributed by atoms with E-state index in [1.165, 1.54) is 19.3 Å². The van der Waals surface area contributed by atoms with E-state index in [0.717, 1.165) is 18.8 Å². The van der Waals surface area contributed by atoms with E-state index in [1.54, 1.807) is 0 Å². The second kappa shape index (κ2) is 3.78. The zero-order valence-corrected chi connectivity index (χ0v) is 8.64. The monoisotopic (exact) mass is 170 g/mol. The number of aliphatic hydroxyl groups excluding tert-OH is 1. The van der Waals surface area contributed by atoms with E-state index in [1.807, 2.05) is 0 Å². The molecule has 1 unspecified atom stereocenters. The first-order valence-corrected chi connectivity index (χ1v) is 5.15. The van der Waals surface area contributed by atoms with E-state index in [0.29, 0.717) is 0 Å². The average molecular weight is 170 g/mol. The van der Waals surface area contributed by atoms with Gasteiger partial charge in [-0.1, -0.05) is 33.6 Å². The molecule has 1 saturated carbocycles. The Morgan fingerprint density at radius 3 is 2.33 bits per heavy atom. The fourth-order valence-electron chi connectivity index (χ4n) is 1.64. The quantitative estimate of drug-likeness (QED) is 0.687. The Balaban J connectivity index is 2.05. The normalized spacial score (nSPS) is 21.0. The number of hydrogen-bond donors (Lipinski definition) is 1. The SMILES string of the molecule is CC(C)(C)CC(O)CCC1CC1. The Bertz CT molecular complexity index is 130. The molecule has 1 rings (SSSR count). The molecule has 0 aromatic rings. The van der Waals surface area contributed by atoms with Crippen molar-refractivity contribution in [2.45, 2.75) is 59.0 Å². The maximum atomic E-state index is 9.66. The van der Waals surface area contributed by atoms with Gasteiger partial charge in [0.1, 0.15) is 0 Å². The molecule has 0 aromatic carbocycles. The molecule has 1 aliphatic rings. The minimum absolute atomic E-state index is 0.0643. The first-order chi connectivity index (χ1) is 5.47. The lowest BCUT2D eigenvalue weighted by Crippen LogP contribution is -2.17. The van der Waals surface area contributed by atoms with Crippen LogP contribution in [0.1, 0.15) is 52.9 Å². The molecule has 72 valence electrons. The zero-order valence-electron chi connectivity index (χ0n) is 8.64. The van der Waals surface area contributed by atoms with Gasteiger partial charge in [-0.15, -0.1) is 0 Å². The molecule has 1 heteroatoms. The van der Waals surface area contributed by atoms with Gasteiger partial charge in [0.2, 0.25) is 0 Å². The molecule has 0 spiro atoms. The Morgan fingerprint density at radius 1 is 1.33 bits per heavy atom. The summed E-state index contributed by atoms with van der Waals surface area (Å²) >= 11 is 0. The molecule has 0 amide bonds. The fourth-order valence-corrected chi connectivity index (χ4v) is 1.64. The van der Waals surface area contributed by atoms with Crippen LogP contribution < -0.4 is 0 Å². The van der Waals surface area contributed by atoms with E-state index in [2.05, 4.69) is 20.8 Å². The smallest absolute Gasteiger partial charge is 0.0545 e. The van der Waals surface area contributed by atoms with Crippen LogP contribution in [0.15, 0.2) is 0 Å². The second-order valence-electron chi connectivity index (χ2n) is 5.44. The molecule has 0 saturated heterocycles. The molecule has 1 atom stereocenters. The summed E-state index contributed by atoms with van der Waals surface area (Å²) in [5, 5.41) is 9.66. The maximum Gasteiger partial charge on any atom is 0.0545 e. The third-order valence-corrected chi connectivity index (χ3v) is 2.45. The molecule has 0 aromatic heterocycles. The van der Waals surface area contributed by atoms with Crippen LogP contribution in [-0.4, -0.2) is 11.2 Å². The van der Waals surface area contributed by atoms with E-state index in [9.17, 15) is 5.11 Å². The first kappa shape index (κ1) is 10.0. The van der Waals surface area contributed by atoms with Crippen molar-refractivity contribution < 1.29 is 5.11 Å². The standard InChI is InChI=1S/C11H22O/c1-11(2,3)8-10(12)7-6-9-4-5-9/h9-10,12H,4-8H2,1-3H3. The van der Waals surface area contributed by atoms with Crippen LogP contribution in [0.5, 0.6) is 0 Å². The van der Waals surface area contributed by atoms with Crippen molar-refractivity contribution >= 4 is 0 Å². The summed E-state index contributed by atoms with van der Waals surface area (Å²) in [6, 6.07) is 0. The van der Waals surface area contributed by atoms with Gasteiger partial charge in [0, 0.05) is 0 Å². The van der Waals surface area contributed by atoms with Gasteiger partial charge < -0.3 is 5.11 Å². The fraction of sp³-hybridized carbons (Fsp3) is 1.00. The van der Waals surface area contributed by atoms with Gasteiger partial charge in [-0.05, 0) is 30.6 Å². The summed E-state index contributed by atoms with van der Waals surface area (Å²) in [6.45, 7) is 6.56. The van der Waals surface area contributed by atoms with Gasteiger partial charge in [-0.2, -0.15) is 0 Å². The third-order valence-electron chi connectivity index (χ3n) is 2.45. The number of hydrogen-bond acceptors (Lipinski definition) is 1. The van der Waals surface area contributed by atoms with Gasteiger partial charge in [-0.3, -0.25) is 0 Å². The number of aliphatic hydroxyl groups is 1. The number of rotatable bonds is 4. The van der Waals surface area contributed by atoms with Gasteiger partial charge in [-0.25, -0.2) is 0 Å². The van der Waals surface area contributed by atoms with Crippen molar-refractivity contribution in [1.29, 1.82) is 0 Å². The highest BCUT2D eigenvalue weighted by atomic mass is 16.3. The van der Waals surface area contributed by atoms with Gasteiger partial charge in [0.15, 0.2) is 0 Å². The van der Waals surface area contributed by atoms with Crippen LogP contribution in [0, 0.1) is 11.3 Å². The molecule has 1 aliphatic carbocycles. The van der Waals surface area contributed by atoms with E-state index in [-0.39, 0.29) is 11.5 Å². The molecule has 1 nitrogen and oxygen atoms in total. The molecule has 0 heterocycles. The predicted octanol–water partition coefficient (Wildman–Crippen LogP) is 2.97. The minimum atomic E-state index is -0.0643. The molecule has 0 radical (unpaired) electrons. The Kier molecular flexibility index (Phi) is 3.16. The summed E-state index contributed by atoms with van der Waals surface area (Å²) in [5.74, 6) is 0.958. The average Bonchev–Trinajstić information content (AvgIpc) is 2.61. The molecule has 1 fully saturated rings. The van der Waals surface area contributed by atoms with Crippen LogP contribution in [0.4, 0.5) is 0 Å². The largest absolute Gasteiger partial charge is 0.393 e.